The molecule has 0 spiro atoms. The minimum absolute atomic E-state index is 0.0507. The molecule has 0 unspecified atom stereocenters. The van der Waals surface area contributed by atoms with E-state index in [1.54, 1.807) is 12.1 Å². The molecule has 0 bridgehead atoms. The highest BCUT2D eigenvalue weighted by Gasteiger charge is 2.05. The second-order valence-electron chi connectivity index (χ2n) is 2.53. The third kappa shape index (κ3) is 2.01. The molecule has 1 N–H and O–H groups in total. The summed E-state index contributed by atoms with van der Waals surface area (Å²) in [6.45, 7) is 2.38. The maximum absolute atomic E-state index is 9.02. The summed E-state index contributed by atoms with van der Waals surface area (Å²) in [4.78, 5) is 0. The van der Waals surface area contributed by atoms with Crippen LogP contribution in [0.1, 0.15) is 18.1 Å². The van der Waals surface area contributed by atoms with Crippen molar-refractivity contribution in [2.45, 2.75) is 13.5 Å². The summed E-state index contributed by atoms with van der Waals surface area (Å²) in [5, 5.41) is 9.02. The number of rotatable bonds is 3. The van der Waals surface area contributed by atoms with E-state index in [4.69, 9.17) is 16.3 Å². The number of aliphatic hydroxyl groups is 1. The van der Waals surface area contributed by atoms with Crippen molar-refractivity contribution in [3.63, 3.8) is 0 Å². The Hall–Kier alpha value is -1.46. The van der Waals surface area contributed by atoms with E-state index in [9.17, 15) is 0 Å². The van der Waals surface area contributed by atoms with Gasteiger partial charge >= 0.3 is 0 Å². The van der Waals surface area contributed by atoms with Crippen molar-refractivity contribution in [2.75, 3.05) is 6.61 Å². The molecule has 0 saturated heterocycles. The van der Waals surface area contributed by atoms with E-state index in [2.05, 4.69) is 5.92 Å². The van der Waals surface area contributed by atoms with E-state index >= 15 is 0 Å². The predicted octanol–water partition coefficient (Wildman–Crippen LogP) is 1.56. The summed E-state index contributed by atoms with van der Waals surface area (Å²) in [7, 11) is 0. The van der Waals surface area contributed by atoms with E-state index in [0.717, 1.165) is 5.56 Å². The van der Waals surface area contributed by atoms with Crippen molar-refractivity contribution in [1.29, 1.82) is 0 Å². The van der Waals surface area contributed by atoms with Gasteiger partial charge in [-0.15, -0.1) is 6.42 Å². The first kappa shape index (κ1) is 9.63. The molecule has 0 aliphatic heterocycles. The number of aliphatic hydroxyl groups excluding tert-OH is 1. The number of terminal acetylenes is 1. The topological polar surface area (TPSA) is 29.5 Å². The average Bonchev–Trinajstić information content (AvgIpc) is 2.18. The number of hydrogen-bond donors (Lipinski definition) is 1. The van der Waals surface area contributed by atoms with Gasteiger partial charge in [-0.05, 0) is 13.0 Å². The fourth-order valence-electron chi connectivity index (χ4n) is 1.14. The highest BCUT2D eigenvalue weighted by molar-refractivity contribution is 5.49. The van der Waals surface area contributed by atoms with Gasteiger partial charge in [-0.2, -0.15) is 0 Å². The summed E-state index contributed by atoms with van der Waals surface area (Å²) in [5.41, 5.74) is 1.42. The van der Waals surface area contributed by atoms with Crippen LogP contribution in [-0.4, -0.2) is 11.7 Å². The molecule has 1 rings (SSSR count). The van der Waals surface area contributed by atoms with Crippen molar-refractivity contribution < 1.29 is 9.84 Å². The molecule has 0 radical (unpaired) electrons. The normalized spacial score (nSPS) is 9.31. The van der Waals surface area contributed by atoms with E-state index in [-0.39, 0.29) is 6.61 Å². The standard InChI is InChI=1S/C11H12O2/c1-3-9-6-5-7-10(8-12)11(9)13-4-2/h1,5-7,12H,4,8H2,2H3. The van der Waals surface area contributed by atoms with Gasteiger partial charge in [-0.1, -0.05) is 18.1 Å². The molecule has 0 aromatic heterocycles. The van der Waals surface area contributed by atoms with Crippen molar-refractivity contribution in [2.24, 2.45) is 0 Å². The van der Waals surface area contributed by atoms with E-state index < -0.39 is 0 Å². The Morgan fingerprint density at radius 2 is 2.31 bits per heavy atom. The molecule has 0 atom stereocenters. The number of benzene rings is 1. The maximum Gasteiger partial charge on any atom is 0.140 e. The Bertz CT molecular complexity index is 323. The van der Waals surface area contributed by atoms with Gasteiger partial charge in [0.05, 0.1) is 18.8 Å². The van der Waals surface area contributed by atoms with Crippen molar-refractivity contribution >= 4 is 0 Å². The molecule has 0 saturated carbocycles. The Kier molecular flexibility index (Phi) is 3.36. The lowest BCUT2D eigenvalue weighted by atomic mass is 10.1. The smallest absolute Gasteiger partial charge is 0.140 e. The van der Waals surface area contributed by atoms with E-state index in [1.165, 1.54) is 0 Å². The van der Waals surface area contributed by atoms with Gasteiger partial charge in [0.2, 0.25) is 0 Å². The zero-order valence-electron chi connectivity index (χ0n) is 7.58. The molecule has 68 valence electrons. The Morgan fingerprint density at radius 1 is 1.54 bits per heavy atom. The molecule has 2 heteroatoms. The molecule has 2 nitrogen and oxygen atoms in total. The van der Waals surface area contributed by atoms with E-state index in [1.807, 2.05) is 13.0 Å². The SMILES string of the molecule is C#Cc1cccc(CO)c1OCC. The van der Waals surface area contributed by atoms with Gasteiger partial charge in [-0.3, -0.25) is 0 Å². The minimum Gasteiger partial charge on any atom is -0.492 e. The Balaban J connectivity index is 3.15. The van der Waals surface area contributed by atoms with Crippen LogP contribution >= 0.6 is 0 Å². The summed E-state index contributed by atoms with van der Waals surface area (Å²) < 4.78 is 5.35. The third-order valence-electron chi connectivity index (χ3n) is 1.71. The Labute approximate surface area is 78.2 Å². The number of hydrogen-bond acceptors (Lipinski definition) is 2. The van der Waals surface area contributed by atoms with Crippen LogP contribution in [-0.2, 0) is 6.61 Å². The quantitative estimate of drug-likeness (QED) is 0.708. The maximum atomic E-state index is 9.02. The largest absolute Gasteiger partial charge is 0.492 e. The third-order valence-corrected chi connectivity index (χ3v) is 1.71. The van der Waals surface area contributed by atoms with Crippen LogP contribution < -0.4 is 4.74 Å². The zero-order chi connectivity index (χ0) is 9.68. The lowest BCUT2D eigenvalue weighted by molar-refractivity contribution is 0.267. The van der Waals surface area contributed by atoms with E-state index in [0.29, 0.717) is 17.9 Å². The van der Waals surface area contributed by atoms with Crippen LogP contribution in [0.4, 0.5) is 0 Å². The average molecular weight is 176 g/mol. The van der Waals surface area contributed by atoms with Gasteiger partial charge in [0, 0.05) is 5.56 Å². The van der Waals surface area contributed by atoms with Crippen LogP contribution in [0.5, 0.6) is 5.75 Å². The van der Waals surface area contributed by atoms with Gasteiger partial charge in [0.15, 0.2) is 0 Å². The highest BCUT2D eigenvalue weighted by atomic mass is 16.5. The van der Waals surface area contributed by atoms with Gasteiger partial charge in [0.25, 0.3) is 0 Å². The summed E-state index contributed by atoms with van der Waals surface area (Å²) in [6.07, 6.45) is 5.29. The van der Waals surface area contributed by atoms with Crippen molar-refractivity contribution in [3.05, 3.63) is 29.3 Å². The van der Waals surface area contributed by atoms with Gasteiger partial charge < -0.3 is 9.84 Å². The van der Waals surface area contributed by atoms with Crippen molar-refractivity contribution in [1.82, 2.24) is 0 Å². The van der Waals surface area contributed by atoms with Crippen LogP contribution in [0.25, 0.3) is 0 Å². The monoisotopic (exact) mass is 176 g/mol. The molecular weight excluding hydrogens is 164 g/mol. The second-order valence-corrected chi connectivity index (χ2v) is 2.53. The lowest BCUT2D eigenvalue weighted by Gasteiger charge is -2.09. The molecule has 1 aromatic carbocycles. The molecule has 13 heavy (non-hydrogen) atoms. The molecule has 0 heterocycles. The molecule has 0 fully saturated rings. The fourth-order valence-corrected chi connectivity index (χ4v) is 1.14. The molecule has 0 aliphatic carbocycles. The minimum atomic E-state index is -0.0507. The predicted molar refractivity (Wildman–Crippen MR) is 51.5 cm³/mol. The van der Waals surface area contributed by atoms with Crippen LogP contribution in [0.15, 0.2) is 18.2 Å². The van der Waals surface area contributed by atoms with Gasteiger partial charge in [-0.25, -0.2) is 0 Å². The van der Waals surface area contributed by atoms with Crippen LogP contribution in [0.3, 0.4) is 0 Å². The molecule has 1 aromatic rings. The highest BCUT2D eigenvalue weighted by Crippen LogP contribution is 2.23. The molecule has 0 aliphatic rings. The molecular formula is C11H12O2. The zero-order valence-corrected chi connectivity index (χ0v) is 7.58. The fraction of sp³-hybridized carbons (Fsp3) is 0.273. The van der Waals surface area contributed by atoms with Gasteiger partial charge in [0.1, 0.15) is 5.75 Å². The first-order valence-corrected chi connectivity index (χ1v) is 4.15. The summed E-state index contributed by atoms with van der Waals surface area (Å²) >= 11 is 0. The number of ether oxygens (including phenoxy) is 1. The van der Waals surface area contributed by atoms with Crippen molar-refractivity contribution in [3.8, 4) is 18.1 Å². The second kappa shape index (κ2) is 4.54. The van der Waals surface area contributed by atoms with Crippen LogP contribution in [0, 0.1) is 12.3 Å². The summed E-state index contributed by atoms with van der Waals surface area (Å²) in [5.74, 6) is 3.14. The molecule has 0 amide bonds. The summed E-state index contributed by atoms with van der Waals surface area (Å²) in [6, 6.07) is 5.40. The lowest BCUT2D eigenvalue weighted by Crippen LogP contribution is -1.99. The van der Waals surface area contributed by atoms with Crippen LogP contribution in [0.2, 0.25) is 0 Å². The first-order valence-electron chi connectivity index (χ1n) is 4.15. The Morgan fingerprint density at radius 3 is 2.85 bits per heavy atom. The first-order chi connectivity index (χ1) is 6.33. The number of para-hydroxylation sites is 1.